The van der Waals surface area contributed by atoms with Crippen molar-refractivity contribution >= 4 is 7.82 Å². The Bertz CT molecular complexity index is 740. The number of rotatable bonds is 5. The van der Waals surface area contributed by atoms with E-state index in [9.17, 15) is 23.7 Å². The van der Waals surface area contributed by atoms with Crippen molar-refractivity contribution in [3.05, 3.63) is 33.1 Å². The van der Waals surface area contributed by atoms with Crippen LogP contribution in [0, 0.1) is 0 Å². The summed E-state index contributed by atoms with van der Waals surface area (Å²) in [5.41, 5.74) is -5.13. The summed E-state index contributed by atoms with van der Waals surface area (Å²) in [6.45, 7) is -0.764. The van der Waals surface area contributed by atoms with Gasteiger partial charge in [-0.25, -0.2) is 13.8 Å². The smallest absolute Gasteiger partial charge is 0.385 e. The molecule has 0 aliphatic carbocycles. The maximum Gasteiger partial charge on any atom is 0.469 e. The van der Waals surface area contributed by atoms with Crippen LogP contribution in [0.5, 0.6) is 0 Å². The van der Waals surface area contributed by atoms with Crippen molar-refractivity contribution in [3.8, 4) is 0 Å². The summed E-state index contributed by atoms with van der Waals surface area (Å²) in [4.78, 5) is 42.3. The zero-order valence-electron chi connectivity index (χ0n) is 12.0. The highest BCUT2D eigenvalue weighted by Gasteiger charge is 2.55. The van der Waals surface area contributed by atoms with Crippen molar-refractivity contribution in [3.63, 3.8) is 0 Å². The van der Waals surface area contributed by atoms with E-state index in [4.69, 9.17) is 14.5 Å². The summed E-state index contributed by atoms with van der Waals surface area (Å²) < 4.78 is 34.7. The van der Waals surface area contributed by atoms with Crippen molar-refractivity contribution in [1.29, 1.82) is 0 Å². The minimum absolute atomic E-state index is 0.382. The normalized spacial score (nSPS) is 31.4. The second-order valence-corrected chi connectivity index (χ2v) is 6.84. The Kier molecular flexibility index (Phi) is 4.64. The lowest BCUT2D eigenvalue weighted by molar-refractivity contribution is -0.131. The molecule has 1 aliphatic rings. The second-order valence-electron chi connectivity index (χ2n) is 5.60. The van der Waals surface area contributed by atoms with Crippen LogP contribution >= 0.6 is 7.82 Å². The number of halogens is 1. The SMILES string of the molecule is C[C@@]1(O)C[C@@](CF)(COP(=O)(O)O)O[C@H]1n1ccc(=O)[nH]c1=O. The fraction of sp³-hybridized carbons (Fsp3) is 0.636. The average molecular weight is 354 g/mol. The van der Waals surface area contributed by atoms with E-state index in [-0.39, 0.29) is 6.42 Å². The summed E-state index contributed by atoms with van der Waals surface area (Å²) in [7, 11) is -4.87. The molecule has 2 rings (SSSR count). The van der Waals surface area contributed by atoms with Gasteiger partial charge in [0.05, 0.1) is 6.61 Å². The lowest BCUT2D eigenvalue weighted by Gasteiger charge is -2.26. The van der Waals surface area contributed by atoms with Gasteiger partial charge in [-0.2, -0.15) is 0 Å². The third-order valence-electron chi connectivity index (χ3n) is 3.42. The number of hydrogen-bond donors (Lipinski definition) is 4. The molecule has 1 aromatic heterocycles. The van der Waals surface area contributed by atoms with Crippen LogP contribution in [0.2, 0.25) is 0 Å². The Morgan fingerprint density at radius 3 is 2.74 bits per heavy atom. The Labute approximate surface area is 128 Å². The van der Waals surface area contributed by atoms with Crippen molar-refractivity contribution < 1.29 is 33.1 Å². The molecule has 0 unspecified atom stereocenters. The molecule has 0 saturated carbocycles. The second kappa shape index (κ2) is 5.93. The first-order chi connectivity index (χ1) is 10.5. The van der Waals surface area contributed by atoms with Crippen LogP contribution < -0.4 is 11.2 Å². The van der Waals surface area contributed by atoms with E-state index in [0.717, 1.165) is 16.8 Å². The van der Waals surface area contributed by atoms with E-state index < -0.39 is 49.8 Å². The van der Waals surface area contributed by atoms with Gasteiger partial charge in [0.1, 0.15) is 17.9 Å². The molecular formula is C11H16FN2O8P. The molecule has 0 aromatic carbocycles. The van der Waals surface area contributed by atoms with E-state index in [1.807, 2.05) is 4.98 Å². The Morgan fingerprint density at radius 2 is 2.22 bits per heavy atom. The van der Waals surface area contributed by atoms with E-state index in [1.165, 1.54) is 6.92 Å². The molecule has 4 N–H and O–H groups in total. The summed E-state index contributed by atoms with van der Waals surface area (Å²) in [6, 6.07) is 1.02. The van der Waals surface area contributed by atoms with Crippen molar-refractivity contribution in [1.82, 2.24) is 9.55 Å². The Hall–Kier alpha value is -1.36. The molecule has 1 saturated heterocycles. The van der Waals surface area contributed by atoms with Crippen LogP contribution in [0.25, 0.3) is 0 Å². The highest BCUT2D eigenvalue weighted by Crippen LogP contribution is 2.46. The largest absolute Gasteiger partial charge is 0.469 e. The van der Waals surface area contributed by atoms with Gasteiger partial charge in [-0.15, -0.1) is 0 Å². The number of phosphoric acid groups is 1. The molecule has 2 heterocycles. The lowest BCUT2D eigenvalue weighted by atomic mass is 9.92. The standard InChI is InChI=1S/C11H16FN2O8P/c1-10(17)4-11(5-12,6-21-23(18,19)20)22-8(10)14-3-2-7(15)13-9(14)16/h2-3,8,17H,4-6H2,1H3,(H,13,15,16)(H2,18,19,20)/t8-,10-,11-/m1/s1. The minimum Gasteiger partial charge on any atom is -0.385 e. The first-order valence-electron chi connectivity index (χ1n) is 6.46. The molecule has 0 bridgehead atoms. The number of hydrogen-bond acceptors (Lipinski definition) is 6. The fourth-order valence-electron chi connectivity index (χ4n) is 2.52. The third-order valence-corrected chi connectivity index (χ3v) is 3.88. The van der Waals surface area contributed by atoms with Gasteiger partial charge in [0, 0.05) is 18.7 Å². The molecule has 23 heavy (non-hydrogen) atoms. The molecule has 1 aliphatic heterocycles. The molecular weight excluding hydrogens is 338 g/mol. The van der Waals surface area contributed by atoms with Gasteiger partial charge in [-0.1, -0.05) is 0 Å². The molecule has 1 aromatic rings. The van der Waals surface area contributed by atoms with Gasteiger partial charge in [0.2, 0.25) is 0 Å². The molecule has 10 nitrogen and oxygen atoms in total. The van der Waals surface area contributed by atoms with Crippen LogP contribution in [-0.2, 0) is 13.8 Å². The predicted octanol–water partition coefficient (Wildman–Crippen LogP) is -0.976. The van der Waals surface area contributed by atoms with Crippen molar-refractivity contribution in [2.45, 2.75) is 30.8 Å². The lowest BCUT2D eigenvalue weighted by Crippen LogP contribution is -2.40. The van der Waals surface area contributed by atoms with Gasteiger partial charge in [0.15, 0.2) is 6.23 Å². The summed E-state index contributed by atoms with van der Waals surface area (Å²) >= 11 is 0. The minimum atomic E-state index is -4.87. The molecule has 0 spiro atoms. The van der Waals surface area contributed by atoms with Crippen LogP contribution in [0.3, 0.4) is 0 Å². The number of aliphatic hydroxyl groups is 1. The summed E-state index contributed by atoms with van der Waals surface area (Å²) in [5, 5.41) is 10.4. The zero-order valence-corrected chi connectivity index (χ0v) is 12.9. The van der Waals surface area contributed by atoms with E-state index in [2.05, 4.69) is 4.52 Å². The van der Waals surface area contributed by atoms with E-state index in [0.29, 0.717) is 0 Å². The van der Waals surface area contributed by atoms with Crippen LogP contribution in [0.4, 0.5) is 4.39 Å². The predicted molar refractivity (Wildman–Crippen MR) is 73.4 cm³/mol. The number of nitrogens with zero attached hydrogens (tertiary/aromatic N) is 1. The van der Waals surface area contributed by atoms with Gasteiger partial charge < -0.3 is 19.6 Å². The maximum atomic E-state index is 13.4. The van der Waals surface area contributed by atoms with Crippen LogP contribution in [-0.4, -0.2) is 48.9 Å². The molecule has 3 atom stereocenters. The number of aromatic nitrogens is 2. The van der Waals surface area contributed by atoms with Gasteiger partial charge in [-0.05, 0) is 6.92 Å². The van der Waals surface area contributed by atoms with Gasteiger partial charge in [0.25, 0.3) is 5.56 Å². The van der Waals surface area contributed by atoms with Crippen LogP contribution in [0.15, 0.2) is 21.9 Å². The molecule has 0 radical (unpaired) electrons. The number of alkyl halides is 1. The van der Waals surface area contributed by atoms with E-state index >= 15 is 0 Å². The number of nitrogens with one attached hydrogen (secondary N) is 1. The number of H-pyrrole nitrogens is 1. The highest BCUT2D eigenvalue weighted by atomic mass is 31.2. The third kappa shape index (κ3) is 3.94. The number of phosphoric ester groups is 1. The molecule has 1 fully saturated rings. The summed E-state index contributed by atoms with van der Waals surface area (Å²) in [5.74, 6) is 0. The molecule has 12 heteroatoms. The fourth-order valence-corrected chi connectivity index (χ4v) is 2.92. The average Bonchev–Trinajstić information content (AvgIpc) is 2.68. The van der Waals surface area contributed by atoms with Crippen molar-refractivity contribution in [2.24, 2.45) is 0 Å². The number of aromatic amines is 1. The first-order valence-corrected chi connectivity index (χ1v) is 7.99. The van der Waals surface area contributed by atoms with Crippen molar-refractivity contribution in [2.75, 3.05) is 13.3 Å². The Balaban J connectivity index is 2.34. The van der Waals surface area contributed by atoms with Crippen LogP contribution in [0.1, 0.15) is 19.6 Å². The van der Waals surface area contributed by atoms with Gasteiger partial charge in [-0.3, -0.25) is 18.9 Å². The quantitative estimate of drug-likeness (QED) is 0.493. The van der Waals surface area contributed by atoms with E-state index in [1.54, 1.807) is 0 Å². The van der Waals surface area contributed by atoms with Gasteiger partial charge >= 0.3 is 13.5 Å². The highest BCUT2D eigenvalue weighted by molar-refractivity contribution is 7.46. The monoisotopic (exact) mass is 354 g/mol. The molecule has 0 amide bonds. The first kappa shape index (κ1) is 18.0. The maximum absolute atomic E-state index is 13.4. The summed E-state index contributed by atoms with van der Waals surface area (Å²) in [6.07, 6.45) is -0.687. The Morgan fingerprint density at radius 1 is 1.57 bits per heavy atom. The molecule has 130 valence electrons. The topological polar surface area (TPSA) is 151 Å². The number of ether oxygens (including phenoxy) is 1. The zero-order chi connectivity index (χ0) is 17.5.